The largest absolute Gasteiger partial charge is 0.384 e. The molecule has 1 aliphatic rings. The molecule has 1 saturated heterocycles. The second-order valence-corrected chi connectivity index (χ2v) is 5.89. The number of thiophene rings is 1. The summed E-state index contributed by atoms with van der Waals surface area (Å²) in [6, 6.07) is 2.64. The van der Waals surface area contributed by atoms with E-state index >= 15 is 0 Å². The van der Waals surface area contributed by atoms with E-state index in [2.05, 4.69) is 42.0 Å². The third kappa shape index (κ3) is 4.05. The fourth-order valence-electron chi connectivity index (χ4n) is 2.35. The van der Waals surface area contributed by atoms with Gasteiger partial charge in [0.2, 0.25) is 0 Å². The molecule has 104 valence electrons. The van der Waals surface area contributed by atoms with Gasteiger partial charge in [-0.15, -0.1) is 11.3 Å². The lowest BCUT2D eigenvalue weighted by atomic mass is 10.1. The topological polar surface area (TPSA) is 32.7 Å². The minimum atomic E-state index is -0.0793. The predicted molar refractivity (Wildman–Crippen MR) is 78.2 cm³/mol. The first kappa shape index (κ1) is 14.5. The average molecular weight is 279 g/mol. The molecule has 0 amide bonds. The van der Waals surface area contributed by atoms with Gasteiger partial charge in [-0.3, -0.25) is 4.90 Å². The van der Waals surface area contributed by atoms with Crippen LogP contribution in [0.25, 0.3) is 0 Å². The summed E-state index contributed by atoms with van der Waals surface area (Å²) in [5.41, 5.74) is 1.00. The summed E-state index contributed by atoms with van der Waals surface area (Å²) >= 11 is 1.74. The van der Waals surface area contributed by atoms with Crippen LogP contribution in [0.15, 0.2) is 11.4 Å². The van der Waals surface area contributed by atoms with Crippen molar-refractivity contribution in [3.05, 3.63) is 21.9 Å². The molecule has 19 heavy (non-hydrogen) atoms. The highest BCUT2D eigenvalue weighted by molar-refractivity contribution is 7.10. The molecule has 0 saturated carbocycles. The summed E-state index contributed by atoms with van der Waals surface area (Å²) in [4.78, 5) is 3.83. The Morgan fingerprint density at radius 3 is 3.16 bits per heavy atom. The van der Waals surface area contributed by atoms with Gasteiger partial charge in [0.25, 0.3) is 0 Å². The van der Waals surface area contributed by atoms with Crippen LogP contribution in [0.3, 0.4) is 0 Å². The van der Waals surface area contributed by atoms with Crippen molar-refractivity contribution in [2.75, 3.05) is 19.8 Å². The highest BCUT2D eigenvalue weighted by atomic mass is 32.1. The molecule has 0 radical (unpaired) electrons. The Morgan fingerprint density at radius 2 is 2.42 bits per heavy atom. The van der Waals surface area contributed by atoms with Crippen molar-refractivity contribution >= 4 is 11.3 Å². The number of nitrogens with zero attached hydrogens (tertiary/aromatic N) is 1. The maximum absolute atomic E-state index is 8.70. The monoisotopic (exact) mass is 279 g/mol. The highest BCUT2D eigenvalue weighted by Gasteiger charge is 2.25. The quantitative estimate of drug-likeness (QED) is 0.860. The molecule has 1 aromatic heterocycles. The van der Waals surface area contributed by atoms with Crippen LogP contribution in [-0.4, -0.2) is 41.9 Å². The summed E-state index contributed by atoms with van der Waals surface area (Å²) in [6.45, 7) is 7.06. The zero-order valence-corrected chi connectivity index (χ0v) is 12.4. The van der Waals surface area contributed by atoms with Crippen molar-refractivity contribution in [1.82, 2.24) is 4.90 Å². The number of rotatable bonds is 3. The molecular formula is C15H21NO2S. The van der Waals surface area contributed by atoms with E-state index in [0.29, 0.717) is 12.1 Å². The summed E-state index contributed by atoms with van der Waals surface area (Å²) in [6.07, 6.45) is 1.44. The molecule has 0 spiro atoms. The maximum Gasteiger partial charge on any atom is 0.104 e. The summed E-state index contributed by atoms with van der Waals surface area (Å²) < 4.78 is 5.72. The van der Waals surface area contributed by atoms with Crippen LogP contribution < -0.4 is 0 Å². The number of aliphatic hydroxyl groups is 1. The average Bonchev–Trinajstić information content (AvgIpc) is 2.84. The molecule has 1 aromatic rings. The van der Waals surface area contributed by atoms with Gasteiger partial charge in [-0.1, -0.05) is 18.8 Å². The molecule has 4 heteroatoms. The molecule has 1 N–H and O–H groups in total. The van der Waals surface area contributed by atoms with Gasteiger partial charge in [0.15, 0.2) is 0 Å². The van der Waals surface area contributed by atoms with Crippen molar-refractivity contribution in [2.24, 2.45) is 0 Å². The number of hydrogen-bond donors (Lipinski definition) is 1. The van der Waals surface area contributed by atoms with Crippen molar-refractivity contribution in [2.45, 2.75) is 39.0 Å². The lowest BCUT2D eigenvalue weighted by Gasteiger charge is -2.38. The minimum Gasteiger partial charge on any atom is -0.384 e. The molecule has 0 aliphatic carbocycles. The molecule has 1 fully saturated rings. The van der Waals surface area contributed by atoms with Crippen LogP contribution in [-0.2, 0) is 11.3 Å². The van der Waals surface area contributed by atoms with E-state index in [9.17, 15) is 0 Å². The molecule has 2 unspecified atom stereocenters. The van der Waals surface area contributed by atoms with Crippen molar-refractivity contribution < 1.29 is 9.84 Å². The number of aliphatic hydroxyl groups excluding tert-OH is 1. The van der Waals surface area contributed by atoms with Gasteiger partial charge < -0.3 is 9.84 Å². The molecule has 2 rings (SSSR count). The van der Waals surface area contributed by atoms with Gasteiger partial charge in [0, 0.05) is 35.0 Å². The van der Waals surface area contributed by atoms with Crippen molar-refractivity contribution in [3.63, 3.8) is 0 Å². The zero-order chi connectivity index (χ0) is 13.7. The van der Waals surface area contributed by atoms with E-state index < -0.39 is 0 Å². The Bertz CT molecular complexity index is 460. The summed E-state index contributed by atoms with van der Waals surface area (Å²) in [5.74, 6) is 5.64. The van der Waals surface area contributed by atoms with Gasteiger partial charge in [-0.05, 0) is 19.4 Å². The van der Waals surface area contributed by atoms with Crippen LogP contribution in [0.4, 0.5) is 0 Å². The van der Waals surface area contributed by atoms with Gasteiger partial charge in [-0.2, -0.15) is 0 Å². The summed E-state index contributed by atoms with van der Waals surface area (Å²) in [5, 5.41) is 10.8. The first-order valence-electron chi connectivity index (χ1n) is 6.75. The van der Waals surface area contributed by atoms with Gasteiger partial charge >= 0.3 is 0 Å². The highest BCUT2D eigenvalue weighted by Crippen LogP contribution is 2.21. The standard InChI is InChI=1S/C15H21NO2S/c1-3-14-10-18-12(2)8-16(14)9-15-7-13(11-19-15)5-4-6-17/h7,11-12,14,17H,3,6,8-10H2,1-2H3. The van der Waals surface area contributed by atoms with E-state index in [1.54, 1.807) is 11.3 Å². The molecule has 2 atom stereocenters. The molecular weight excluding hydrogens is 258 g/mol. The Kier molecular flexibility index (Phi) is 5.41. The van der Waals surface area contributed by atoms with Crippen molar-refractivity contribution in [3.8, 4) is 11.8 Å². The molecule has 3 nitrogen and oxygen atoms in total. The van der Waals surface area contributed by atoms with E-state index in [4.69, 9.17) is 9.84 Å². The number of ether oxygens (including phenoxy) is 1. The lowest BCUT2D eigenvalue weighted by Crippen LogP contribution is -2.47. The van der Waals surface area contributed by atoms with E-state index in [1.807, 2.05) is 0 Å². The molecule has 2 heterocycles. The summed E-state index contributed by atoms with van der Waals surface area (Å²) in [7, 11) is 0. The normalized spacial score (nSPS) is 23.9. The minimum absolute atomic E-state index is 0.0793. The SMILES string of the molecule is CCC1COC(C)CN1Cc1cc(C#CCO)cs1. The lowest BCUT2D eigenvalue weighted by molar-refractivity contribution is -0.0588. The van der Waals surface area contributed by atoms with E-state index in [1.165, 1.54) is 4.88 Å². The Labute approximate surface area is 119 Å². The third-order valence-corrected chi connectivity index (χ3v) is 4.30. The van der Waals surface area contributed by atoms with Crippen LogP contribution in [0, 0.1) is 11.8 Å². The Morgan fingerprint density at radius 1 is 1.58 bits per heavy atom. The van der Waals surface area contributed by atoms with E-state index in [0.717, 1.165) is 31.7 Å². The Hall–Kier alpha value is -0.860. The number of morpholine rings is 1. The fourth-order valence-corrected chi connectivity index (χ4v) is 3.19. The first-order valence-corrected chi connectivity index (χ1v) is 7.63. The first-order chi connectivity index (χ1) is 9.22. The van der Waals surface area contributed by atoms with Gasteiger partial charge in [-0.25, -0.2) is 0 Å². The third-order valence-electron chi connectivity index (χ3n) is 3.38. The Balaban J connectivity index is 2.00. The van der Waals surface area contributed by atoms with Crippen molar-refractivity contribution in [1.29, 1.82) is 0 Å². The van der Waals surface area contributed by atoms with Crippen LogP contribution >= 0.6 is 11.3 Å². The fraction of sp³-hybridized carbons (Fsp3) is 0.600. The van der Waals surface area contributed by atoms with E-state index in [-0.39, 0.29) is 6.61 Å². The number of hydrogen-bond acceptors (Lipinski definition) is 4. The van der Waals surface area contributed by atoms with Gasteiger partial charge in [0.1, 0.15) is 6.61 Å². The van der Waals surface area contributed by atoms with Gasteiger partial charge in [0.05, 0.1) is 12.7 Å². The van der Waals surface area contributed by atoms with Crippen LogP contribution in [0.1, 0.15) is 30.7 Å². The maximum atomic E-state index is 8.70. The smallest absolute Gasteiger partial charge is 0.104 e. The molecule has 0 aromatic carbocycles. The predicted octanol–water partition coefficient (Wildman–Crippen LogP) is 2.09. The molecule has 1 aliphatic heterocycles. The van der Waals surface area contributed by atoms with Crippen LogP contribution in [0.2, 0.25) is 0 Å². The van der Waals surface area contributed by atoms with Crippen LogP contribution in [0.5, 0.6) is 0 Å². The molecule has 0 bridgehead atoms. The zero-order valence-electron chi connectivity index (χ0n) is 11.6. The second-order valence-electron chi connectivity index (χ2n) is 4.90. The second kappa shape index (κ2) is 7.06.